The molecule has 4 nitrogen and oxygen atoms in total. The number of amides is 1. The SMILES string of the molecule is Cc1cc(N(C)C)ccc1NC(=O)c1ccc(N)c(Br)c1. The molecule has 2 aromatic rings. The van der Waals surface area contributed by atoms with Crippen LogP contribution in [0.1, 0.15) is 15.9 Å². The minimum absolute atomic E-state index is 0.156. The van der Waals surface area contributed by atoms with Crippen molar-refractivity contribution < 1.29 is 4.79 Å². The van der Waals surface area contributed by atoms with Crippen LogP contribution in [0.15, 0.2) is 40.9 Å². The van der Waals surface area contributed by atoms with Gasteiger partial charge in [0.25, 0.3) is 5.91 Å². The van der Waals surface area contributed by atoms with Gasteiger partial charge in [-0.05, 0) is 64.8 Å². The van der Waals surface area contributed by atoms with E-state index in [2.05, 4.69) is 21.2 Å². The number of aryl methyl sites for hydroxylation is 1. The molecular formula is C16H18BrN3O. The van der Waals surface area contributed by atoms with Crippen LogP contribution in [-0.2, 0) is 0 Å². The number of hydrogen-bond donors (Lipinski definition) is 2. The van der Waals surface area contributed by atoms with Gasteiger partial charge < -0.3 is 16.0 Å². The minimum atomic E-state index is -0.156. The average molecular weight is 348 g/mol. The summed E-state index contributed by atoms with van der Waals surface area (Å²) in [6, 6.07) is 11.1. The van der Waals surface area contributed by atoms with Gasteiger partial charge in [0.05, 0.1) is 0 Å². The van der Waals surface area contributed by atoms with Gasteiger partial charge in [-0.3, -0.25) is 4.79 Å². The van der Waals surface area contributed by atoms with Crippen LogP contribution < -0.4 is 16.0 Å². The van der Waals surface area contributed by atoms with Crippen LogP contribution in [0, 0.1) is 6.92 Å². The molecule has 2 aromatic carbocycles. The predicted molar refractivity (Wildman–Crippen MR) is 92.0 cm³/mol. The van der Waals surface area contributed by atoms with Gasteiger partial charge >= 0.3 is 0 Å². The Morgan fingerprint density at radius 1 is 1.19 bits per heavy atom. The molecule has 0 aliphatic rings. The highest BCUT2D eigenvalue weighted by molar-refractivity contribution is 9.10. The summed E-state index contributed by atoms with van der Waals surface area (Å²) in [5.74, 6) is -0.156. The molecule has 0 aromatic heterocycles. The number of hydrogen-bond acceptors (Lipinski definition) is 3. The summed E-state index contributed by atoms with van der Waals surface area (Å²) in [5.41, 5.74) is 9.82. The number of nitrogens with two attached hydrogens (primary N) is 1. The molecule has 0 bridgehead atoms. The number of carbonyl (C=O) groups excluding carboxylic acids is 1. The summed E-state index contributed by atoms with van der Waals surface area (Å²) in [4.78, 5) is 14.3. The Bertz CT molecular complexity index is 683. The molecular weight excluding hydrogens is 330 g/mol. The lowest BCUT2D eigenvalue weighted by Crippen LogP contribution is -2.14. The third-order valence-corrected chi connectivity index (χ3v) is 3.92. The first-order valence-electron chi connectivity index (χ1n) is 6.53. The summed E-state index contributed by atoms with van der Waals surface area (Å²) in [7, 11) is 3.97. The Morgan fingerprint density at radius 3 is 2.48 bits per heavy atom. The third-order valence-electron chi connectivity index (χ3n) is 3.24. The number of nitrogens with one attached hydrogen (secondary N) is 1. The van der Waals surface area contributed by atoms with Crippen LogP contribution in [0.3, 0.4) is 0 Å². The number of nitrogen functional groups attached to an aromatic ring is 1. The van der Waals surface area contributed by atoms with Crippen molar-refractivity contribution in [2.75, 3.05) is 30.0 Å². The number of nitrogens with zero attached hydrogens (tertiary/aromatic N) is 1. The summed E-state index contributed by atoms with van der Waals surface area (Å²) in [6.07, 6.45) is 0. The Hall–Kier alpha value is -2.01. The predicted octanol–water partition coefficient (Wildman–Crippen LogP) is 3.66. The molecule has 0 heterocycles. The molecule has 0 fully saturated rings. The Labute approximate surface area is 133 Å². The van der Waals surface area contributed by atoms with Gasteiger partial charge in [-0.1, -0.05) is 0 Å². The Balaban J connectivity index is 2.21. The number of anilines is 3. The van der Waals surface area contributed by atoms with E-state index < -0.39 is 0 Å². The number of carbonyl (C=O) groups is 1. The third kappa shape index (κ3) is 3.55. The highest BCUT2D eigenvalue weighted by atomic mass is 79.9. The molecule has 21 heavy (non-hydrogen) atoms. The number of benzene rings is 2. The quantitative estimate of drug-likeness (QED) is 0.833. The van der Waals surface area contributed by atoms with Crippen molar-refractivity contribution in [3.63, 3.8) is 0 Å². The maximum Gasteiger partial charge on any atom is 0.255 e. The fraction of sp³-hybridized carbons (Fsp3) is 0.188. The molecule has 0 unspecified atom stereocenters. The first-order valence-corrected chi connectivity index (χ1v) is 7.32. The van der Waals surface area contributed by atoms with Crippen LogP contribution in [0.4, 0.5) is 17.1 Å². The van der Waals surface area contributed by atoms with Crippen molar-refractivity contribution in [2.24, 2.45) is 0 Å². The second-order valence-electron chi connectivity index (χ2n) is 5.08. The van der Waals surface area contributed by atoms with Gasteiger partial charge in [0, 0.05) is 41.2 Å². The Morgan fingerprint density at radius 2 is 1.90 bits per heavy atom. The lowest BCUT2D eigenvalue weighted by Gasteiger charge is -2.15. The standard InChI is InChI=1S/C16H18BrN3O/c1-10-8-12(20(2)3)5-7-15(10)19-16(21)11-4-6-14(18)13(17)9-11/h4-9H,18H2,1-3H3,(H,19,21). The molecule has 0 aliphatic carbocycles. The van der Waals surface area contributed by atoms with Crippen LogP contribution in [0.2, 0.25) is 0 Å². The number of halogens is 1. The molecule has 0 atom stereocenters. The van der Waals surface area contributed by atoms with Gasteiger partial charge in [0.1, 0.15) is 0 Å². The van der Waals surface area contributed by atoms with E-state index in [4.69, 9.17) is 5.73 Å². The minimum Gasteiger partial charge on any atom is -0.398 e. The lowest BCUT2D eigenvalue weighted by molar-refractivity contribution is 0.102. The molecule has 5 heteroatoms. The van der Waals surface area contributed by atoms with Crippen molar-refractivity contribution in [2.45, 2.75) is 6.92 Å². The molecule has 0 radical (unpaired) electrons. The first kappa shape index (κ1) is 15.4. The molecule has 2 rings (SSSR count). The van der Waals surface area contributed by atoms with Crippen molar-refractivity contribution in [3.05, 3.63) is 52.0 Å². The highest BCUT2D eigenvalue weighted by Crippen LogP contribution is 2.24. The van der Waals surface area contributed by atoms with E-state index in [1.54, 1.807) is 18.2 Å². The van der Waals surface area contributed by atoms with Gasteiger partial charge in [0.15, 0.2) is 0 Å². The normalized spacial score (nSPS) is 10.3. The van der Waals surface area contributed by atoms with Gasteiger partial charge in [-0.2, -0.15) is 0 Å². The van der Waals surface area contributed by atoms with Crippen molar-refractivity contribution in [1.29, 1.82) is 0 Å². The molecule has 3 N–H and O–H groups in total. The average Bonchev–Trinajstić information content (AvgIpc) is 2.43. The van der Waals surface area contributed by atoms with E-state index >= 15 is 0 Å². The van der Waals surface area contributed by atoms with E-state index in [9.17, 15) is 4.79 Å². The Kier molecular flexibility index (Phi) is 4.53. The number of rotatable bonds is 3. The molecule has 0 spiro atoms. The first-order chi connectivity index (χ1) is 9.88. The zero-order chi connectivity index (χ0) is 15.6. The van der Waals surface area contributed by atoms with E-state index in [1.165, 1.54) is 0 Å². The van der Waals surface area contributed by atoms with Crippen LogP contribution in [0.25, 0.3) is 0 Å². The smallest absolute Gasteiger partial charge is 0.255 e. The maximum absolute atomic E-state index is 12.3. The molecule has 0 aliphatic heterocycles. The van der Waals surface area contributed by atoms with Crippen molar-refractivity contribution in [1.82, 2.24) is 0 Å². The molecule has 1 amide bonds. The van der Waals surface area contributed by atoms with Gasteiger partial charge in [-0.15, -0.1) is 0 Å². The summed E-state index contributed by atoms with van der Waals surface area (Å²) >= 11 is 3.33. The molecule has 110 valence electrons. The maximum atomic E-state index is 12.3. The molecule has 0 saturated heterocycles. The van der Waals surface area contributed by atoms with Crippen LogP contribution in [0.5, 0.6) is 0 Å². The van der Waals surface area contributed by atoms with E-state index in [-0.39, 0.29) is 5.91 Å². The fourth-order valence-electron chi connectivity index (χ4n) is 1.93. The van der Waals surface area contributed by atoms with Crippen LogP contribution in [-0.4, -0.2) is 20.0 Å². The summed E-state index contributed by atoms with van der Waals surface area (Å²) in [6.45, 7) is 1.97. The summed E-state index contributed by atoms with van der Waals surface area (Å²) in [5, 5.41) is 2.92. The van der Waals surface area contributed by atoms with E-state index in [1.807, 2.05) is 44.1 Å². The second-order valence-corrected chi connectivity index (χ2v) is 5.94. The highest BCUT2D eigenvalue weighted by Gasteiger charge is 2.10. The van der Waals surface area contributed by atoms with Crippen LogP contribution >= 0.6 is 15.9 Å². The fourth-order valence-corrected chi connectivity index (χ4v) is 2.31. The largest absolute Gasteiger partial charge is 0.398 e. The van der Waals surface area contributed by atoms with Crippen molar-refractivity contribution in [3.8, 4) is 0 Å². The monoisotopic (exact) mass is 347 g/mol. The van der Waals surface area contributed by atoms with Crippen molar-refractivity contribution >= 4 is 38.9 Å². The molecule has 0 saturated carbocycles. The zero-order valence-corrected chi connectivity index (χ0v) is 13.9. The van der Waals surface area contributed by atoms with E-state index in [0.29, 0.717) is 11.3 Å². The van der Waals surface area contributed by atoms with Gasteiger partial charge in [0.2, 0.25) is 0 Å². The van der Waals surface area contributed by atoms with E-state index in [0.717, 1.165) is 21.4 Å². The zero-order valence-electron chi connectivity index (χ0n) is 12.3. The second kappa shape index (κ2) is 6.18. The topological polar surface area (TPSA) is 58.4 Å². The summed E-state index contributed by atoms with van der Waals surface area (Å²) < 4.78 is 0.717. The lowest BCUT2D eigenvalue weighted by atomic mass is 10.1. The van der Waals surface area contributed by atoms with Gasteiger partial charge in [-0.25, -0.2) is 0 Å².